The largest absolute Gasteiger partial charge is 0.439 e. The number of anilines is 1. The highest BCUT2D eigenvalue weighted by Gasteiger charge is 2.30. The van der Waals surface area contributed by atoms with Crippen molar-refractivity contribution in [3.05, 3.63) is 48.2 Å². The molecule has 100 valence electrons. The second-order valence-electron chi connectivity index (χ2n) is 3.76. The lowest BCUT2D eigenvalue weighted by molar-refractivity contribution is -0.137. The highest BCUT2D eigenvalue weighted by Crippen LogP contribution is 2.30. The van der Waals surface area contributed by atoms with Crippen molar-refractivity contribution >= 4 is 5.69 Å². The van der Waals surface area contributed by atoms with E-state index in [1.165, 1.54) is 6.07 Å². The van der Waals surface area contributed by atoms with Crippen molar-refractivity contribution in [2.24, 2.45) is 0 Å². The third-order valence-electron chi connectivity index (χ3n) is 2.43. The molecule has 0 radical (unpaired) electrons. The molecule has 0 aliphatic carbocycles. The van der Waals surface area contributed by atoms with Gasteiger partial charge < -0.3 is 10.1 Å². The number of aromatic nitrogens is 1. The van der Waals surface area contributed by atoms with E-state index in [1.807, 2.05) is 0 Å². The van der Waals surface area contributed by atoms with Crippen molar-refractivity contribution in [3.8, 4) is 11.6 Å². The van der Waals surface area contributed by atoms with E-state index in [4.69, 9.17) is 4.74 Å². The summed E-state index contributed by atoms with van der Waals surface area (Å²) in [5.41, 5.74) is 0.109. The Morgan fingerprint density at radius 3 is 2.21 bits per heavy atom. The molecule has 19 heavy (non-hydrogen) atoms. The van der Waals surface area contributed by atoms with Crippen LogP contribution in [0.4, 0.5) is 18.9 Å². The van der Waals surface area contributed by atoms with Crippen LogP contribution in [0, 0.1) is 0 Å². The Kier molecular flexibility index (Phi) is 3.59. The van der Waals surface area contributed by atoms with Gasteiger partial charge in [0.25, 0.3) is 0 Å². The Morgan fingerprint density at radius 2 is 1.74 bits per heavy atom. The van der Waals surface area contributed by atoms with E-state index < -0.39 is 11.7 Å². The Hall–Kier alpha value is -2.24. The van der Waals surface area contributed by atoms with Crippen LogP contribution in [0.1, 0.15) is 5.56 Å². The van der Waals surface area contributed by atoms with E-state index in [2.05, 4.69) is 10.3 Å². The molecule has 2 aromatic rings. The maximum atomic E-state index is 12.3. The van der Waals surface area contributed by atoms with Gasteiger partial charge in [-0.2, -0.15) is 13.2 Å². The van der Waals surface area contributed by atoms with Crippen LogP contribution in [0.3, 0.4) is 0 Å². The zero-order valence-corrected chi connectivity index (χ0v) is 10.0. The molecule has 3 nitrogen and oxygen atoms in total. The number of halogens is 3. The predicted molar refractivity (Wildman–Crippen MR) is 65.3 cm³/mol. The normalized spacial score (nSPS) is 11.2. The molecule has 0 aliphatic heterocycles. The molecule has 0 spiro atoms. The van der Waals surface area contributed by atoms with Crippen molar-refractivity contribution < 1.29 is 17.9 Å². The van der Waals surface area contributed by atoms with Crippen molar-refractivity contribution in [1.82, 2.24) is 4.98 Å². The fourth-order valence-corrected chi connectivity index (χ4v) is 1.42. The minimum Gasteiger partial charge on any atom is -0.439 e. The monoisotopic (exact) mass is 268 g/mol. The minimum atomic E-state index is -4.39. The van der Waals surface area contributed by atoms with E-state index in [0.717, 1.165) is 18.0 Å². The zero-order chi connectivity index (χ0) is 13.9. The van der Waals surface area contributed by atoms with Crippen LogP contribution in [-0.4, -0.2) is 12.0 Å². The molecule has 0 saturated carbocycles. The van der Waals surface area contributed by atoms with Crippen LogP contribution in [0.2, 0.25) is 0 Å². The van der Waals surface area contributed by atoms with Crippen LogP contribution in [0.5, 0.6) is 11.6 Å². The van der Waals surface area contributed by atoms with E-state index in [9.17, 15) is 13.2 Å². The first-order chi connectivity index (χ1) is 8.99. The van der Waals surface area contributed by atoms with Gasteiger partial charge in [-0.3, -0.25) is 0 Å². The van der Waals surface area contributed by atoms with Crippen LogP contribution in [0.15, 0.2) is 42.6 Å². The van der Waals surface area contributed by atoms with Gasteiger partial charge in [0.05, 0.1) is 5.56 Å². The van der Waals surface area contributed by atoms with Gasteiger partial charge in [0.2, 0.25) is 5.88 Å². The Bertz CT molecular complexity index is 535. The van der Waals surface area contributed by atoms with Gasteiger partial charge in [-0.25, -0.2) is 4.98 Å². The highest BCUT2D eigenvalue weighted by molar-refractivity contribution is 5.46. The first-order valence-corrected chi connectivity index (χ1v) is 5.48. The smallest absolute Gasteiger partial charge is 0.417 e. The number of rotatable bonds is 3. The van der Waals surface area contributed by atoms with Gasteiger partial charge in [-0.05, 0) is 30.3 Å². The maximum Gasteiger partial charge on any atom is 0.417 e. The summed E-state index contributed by atoms with van der Waals surface area (Å²) in [4.78, 5) is 3.63. The van der Waals surface area contributed by atoms with E-state index >= 15 is 0 Å². The van der Waals surface area contributed by atoms with Crippen LogP contribution in [0.25, 0.3) is 0 Å². The standard InChI is InChI=1S/C13H11F3N2O/c1-17-10-3-5-11(6-4-10)19-12-7-2-9(8-18-12)13(14,15)16/h2-8,17H,1H3. The van der Waals surface area contributed by atoms with Crippen LogP contribution < -0.4 is 10.1 Å². The molecular formula is C13H11F3N2O. The molecule has 0 fully saturated rings. The van der Waals surface area contributed by atoms with Gasteiger partial charge in [-0.15, -0.1) is 0 Å². The van der Waals surface area contributed by atoms with E-state index in [0.29, 0.717) is 5.75 Å². The molecule has 0 saturated heterocycles. The number of hydrogen-bond donors (Lipinski definition) is 1. The molecule has 1 N–H and O–H groups in total. The first kappa shape index (κ1) is 13.2. The fourth-order valence-electron chi connectivity index (χ4n) is 1.42. The molecule has 1 aromatic heterocycles. The molecule has 1 heterocycles. The Balaban J connectivity index is 2.10. The van der Waals surface area contributed by atoms with Gasteiger partial charge in [0, 0.05) is 25.0 Å². The lowest BCUT2D eigenvalue weighted by Gasteiger charge is -2.08. The molecule has 0 amide bonds. The molecule has 2 rings (SSSR count). The molecule has 1 aromatic carbocycles. The number of nitrogens with one attached hydrogen (secondary N) is 1. The summed E-state index contributed by atoms with van der Waals surface area (Å²) in [5, 5.41) is 2.95. The number of nitrogens with zero attached hydrogens (tertiary/aromatic N) is 1. The number of pyridine rings is 1. The molecule has 0 unspecified atom stereocenters. The summed E-state index contributed by atoms with van der Waals surface area (Å²) >= 11 is 0. The van der Waals surface area contributed by atoms with E-state index in [1.54, 1.807) is 31.3 Å². The summed E-state index contributed by atoms with van der Waals surface area (Å²) in [7, 11) is 1.79. The third kappa shape index (κ3) is 3.37. The van der Waals surface area contributed by atoms with Crippen LogP contribution in [-0.2, 0) is 6.18 Å². The highest BCUT2D eigenvalue weighted by atomic mass is 19.4. The fraction of sp³-hybridized carbons (Fsp3) is 0.154. The first-order valence-electron chi connectivity index (χ1n) is 5.48. The molecule has 0 aliphatic rings. The number of benzene rings is 1. The topological polar surface area (TPSA) is 34.1 Å². The van der Waals surface area contributed by atoms with Gasteiger partial charge in [0.15, 0.2) is 0 Å². The van der Waals surface area contributed by atoms with Crippen molar-refractivity contribution in [1.29, 1.82) is 0 Å². The number of alkyl halides is 3. The predicted octanol–water partition coefficient (Wildman–Crippen LogP) is 3.93. The summed E-state index contributed by atoms with van der Waals surface area (Å²) in [6.07, 6.45) is -3.64. The SMILES string of the molecule is CNc1ccc(Oc2ccc(C(F)(F)F)cn2)cc1. The average molecular weight is 268 g/mol. The van der Waals surface area contributed by atoms with Crippen molar-refractivity contribution in [2.45, 2.75) is 6.18 Å². The average Bonchev–Trinajstić information content (AvgIpc) is 2.39. The molecule has 0 atom stereocenters. The van der Waals surface area contributed by atoms with Gasteiger partial charge >= 0.3 is 6.18 Å². The van der Waals surface area contributed by atoms with Gasteiger partial charge in [0.1, 0.15) is 5.75 Å². The summed E-state index contributed by atoms with van der Waals surface area (Å²) < 4.78 is 42.4. The number of ether oxygens (including phenoxy) is 1. The lowest BCUT2D eigenvalue weighted by Crippen LogP contribution is -2.05. The second-order valence-corrected chi connectivity index (χ2v) is 3.76. The zero-order valence-electron chi connectivity index (χ0n) is 10.0. The molecule has 6 heteroatoms. The Morgan fingerprint density at radius 1 is 1.05 bits per heavy atom. The van der Waals surface area contributed by atoms with E-state index in [-0.39, 0.29) is 5.88 Å². The minimum absolute atomic E-state index is 0.116. The maximum absolute atomic E-state index is 12.3. The molecule has 0 bridgehead atoms. The second kappa shape index (κ2) is 5.17. The lowest BCUT2D eigenvalue weighted by atomic mass is 10.3. The summed E-state index contributed by atoms with van der Waals surface area (Å²) in [6.45, 7) is 0. The Labute approximate surface area is 108 Å². The third-order valence-corrected chi connectivity index (χ3v) is 2.43. The van der Waals surface area contributed by atoms with Crippen LogP contribution >= 0.6 is 0 Å². The number of hydrogen-bond acceptors (Lipinski definition) is 3. The van der Waals surface area contributed by atoms with Crippen molar-refractivity contribution in [3.63, 3.8) is 0 Å². The molecular weight excluding hydrogens is 257 g/mol. The van der Waals surface area contributed by atoms with Gasteiger partial charge in [-0.1, -0.05) is 0 Å². The quantitative estimate of drug-likeness (QED) is 0.915. The van der Waals surface area contributed by atoms with Crippen molar-refractivity contribution in [2.75, 3.05) is 12.4 Å². The summed E-state index contributed by atoms with van der Waals surface area (Å²) in [5.74, 6) is 0.622. The summed E-state index contributed by atoms with van der Waals surface area (Å²) in [6, 6.07) is 9.11.